The highest BCUT2D eigenvalue weighted by Crippen LogP contribution is 2.44. The minimum Gasteiger partial charge on any atom is -0.342 e. The summed E-state index contributed by atoms with van der Waals surface area (Å²) in [4.78, 5) is 15.4. The minimum absolute atomic E-state index is 0.757. The Morgan fingerprint density at radius 1 is 1.00 bits per heavy atom. The van der Waals surface area contributed by atoms with Crippen molar-refractivity contribution >= 4 is 29.4 Å². The van der Waals surface area contributed by atoms with Gasteiger partial charge in [-0.2, -0.15) is 0 Å². The van der Waals surface area contributed by atoms with Crippen molar-refractivity contribution in [3.63, 3.8) is 0 Å². The van der Waals surface area contributed by atoms with E-state index in [9.17, 15) is 4.79 Å². The molecule has 2 aromatic rings. The topological polar surface area (TPSA) is 20.3 Å². The SMILES string of the molecule is CN1C(c2ccccc2)=C(C=O)Sc2ccccc21. The first-order chi connectivity index (χ1) is 9.31. The Balaban J connectivity index is 2.17. The van der Waals surface area contributed by atoms with E-state index < -0.39 is 0 Å². The molecule has 0 aliphatic carbocycles. The minimum atomic E-state index is 0.757. The van der Waals surface area contributed by atoms with Crippen LogP contribution in [-0.4, -0.2) is 13.3 Å². The van der Waals surface area contributed by atoms with Crippen LogP contribution in [0.15, 0.2) is 64.4 Å². The molecule has 0 saturated carbocycles. The van der Waals surface area contributed by atoms with Crippen molar-refractivity contribution in [2.24, 2.45) is 0 Å². The molecule has 0 saturated heterocycles. The summed E-state index contributed by atoms with van der Waals surface area (Å²) < 4.78 is 0. The summed E-state index contributed by atoms with van der Waals surface area (Å²) in [5, 5.41) is 0. The number of aldehydes is 1. The van der Waals surface area contributed by atoms with E-state index in [4.69, 9.17) is 0 Å². The first kappa shape index (κ1) is 12.1. The Morgan fingerprint density at radius 3 is 2.42 bits per heavy atom. The van der Waals surface area contributed by atoms with Crippen molar-refractivity contribution in [3.05, 3.63) is 65.1 Å². The summed E-state index contributed by atoms with van der Waals surface area (Å²) in [5.74, 6) is 0. The number of para-hydroxylation sites is 1. The molecule has 0 fully saturated rings. The van der Waals surface area contributed by atoms with Crippen molar-refractivity contribution in [1.82, 2.24) is 0 Å². The maximum absolute atomic E-state index is 11.4. The normalized spacial score (nSPS) is 14.3. The lowest BCUT2D eigenvalue weighted by atomic mass is 10.1. The molecule has 0 bridgehead atoms. The maximum atomic E-state index is 11.4. The van der Waals surface area contributed by atoms with E-state index in [-0.39, 0.29) is 0 Å². The van der Waals surface area contributed by atoms with E-state index >= 15 is 0 Å². The van der Waals surface area contributed by atoms with Crippen molar-refractivity contribution < 1.29 is 4.79 Å². The number of thioether (sulfide) groups is 1. The molecule has 19 heavy (non-hydrogen) atoms. The van der Waals surface area contributed by atoms with Crippen LogP contribution in [0.1, 0.15) is 5.56 Å². The first-order valence-electron chi connectivity index (χ1n) is 6.07. The lowest BCUT2D eigenvalue weighted by molar-refractivity contribution is -0.104. The molecule has 1 aliphatic rings. The maximum Gasteiger partial charge on any atom is 0.158 e. The summed E-state index contributed by atoms with van der Waals surface area (Å²) in [6.45, 7) is 0. The average Bonchev–Trinajstić information content (AvgIpc) is 2.48. The summed E-state index contributed by atoms with van der Waals surface area (Å²) in [6.07, 6.45) is 0.944. The predicted molar refractivity (Wildman–Crippen MR) is 80.1 cm³/mol. The highest BCUT2D eigenvalue weighted by Gasteiger charge is 2.23. The van der Waals surface area contributed by atoms with Crippen LogP contribution in [0.25, 0.3) is 5.70 Å². The van der Waals surface area contributed by atoms with E-state index in [1.165, 1.54) is 11.8 Å². The fourth-order valence-electron chi connectivity index (χ4n) is 2.28. The number of anilines is 1. The second-order valence-corrected chi connectivity index (χ2v) is 5.41. The van der Waals surface area contributed by atoms with Gasteiger partial charge in [0.2, 0.25) is 0 Å². The van der Waals surface area contributed by atoms with Gasteiger partial charge in [-0.25, -0.2) is 0 Å². The summed E-state index contributed by atoms with van der Waals surface area (Å²) in [6, 6.07) is 18.2. The first-order valence-corrected chi connectivity index (χ1v) is 6.88. The molecule has 2 nitrogen and oxygen atoms in total. The lowest BCUT2D eigenvalue weighted by Crippen LogP contribution is -2.20. The molecule has 0 aromatic heterocycles. The quantitative estimate of drug-likeness (QED) is 0.772. The van der Waals surface area contributed by atoms with Crippen LogP contribution in [0.3, 0.4) is 0 Å². The fourth-order valence-corrected chi connectivity index (χ4v) is 3.38. The number of nitrogens with zero attached hydrogens (tertiary/aromatic N) is 1. The largest absolute Gasteiger partial charge is 0.342 e. The molecule has 0 unspecified atom stereocenters. The third-order valence-corrected chi connectivity index (χ3v) is 4.24. The number of carbonyl (C=O) groups is 1. The number of fused-ring (bicyclic) bond motifs is 1. The fraction of sp³-hybridized carbons (Fsp3) is 0.0625. The number of hydrogen-bond acceptors (Lipinski definition) is 3. The van der Waals surface area contributed by atoms with E-state index in [0.29, 0.717) is 0 Å². The zero-order valence-electron chi connectivity index (χ0n) is 10.5. The Hall–Kier alpha value is -2.00. The average molecular weight is 267 g/mol. The number of rotatable bonds is 2. The van der Waals surface area contributed by atoms with Gasteiger partial charge in [0.25, 0.3) is 0 Å². The van der Waals surface area contributed by atoms with Crippen molar-refractivity contribution in [2.45, 2.75) is 4.90 Å². The molecule has 0 atom stereocenters. The second kappa shape index (κ2) is 4.94. The second-order valence-electron chi connectivity index (χ2n) is 4.33. The van der Waals surface area contributed by atoms with Crippen LogP contribution in [0.5, 0.6) is 0 Å². The molecular formula is C16H13NOS. The molecular weight excluding hydrogens is 254 g/mol. The standard InChI is InChI=1S/C16H13NOS/c1-17-13-9-5-6-10-14(13)19-15(11-18)16(17)12-7-3-2-4-8-12/h2-11H,1H3. The Bertz CT molecular complexity index is 649. The smallest absolute Gasteiger partial charge is 0.158 e. The summed E-state index contributed by atoms with van der Waals surface area (Å²) in [7, 11) is 2.00. The van der Waals surface area contributed by atoms with Gasteiger partial charge in [0.1, 0.15) is 0 Å². The Kier molecular flexibility index (Phi) is 3.13. The number of allylic oxidation sites excluding steroid dienone is 1. The monoisotopic (exact) mass is 267 g/mol. The summed E-state index contributed by atoms with van der Waals surface area (Å²) >= 11 is 1.53. The third-order valence-electron chi connectivity index (χ3n) is 3.17. The van der Waals surface area contributed by atoms with Crippen LogP contribution >= 0.6 is 11.8 Å². The third kappa shape index (κ3) is 2.06. The van der Waals surface area contributed by atoms with Gasteiger partial charge in [-0.3, -0.25) is 4.79 Å². The van der Waals surface area contributed by atoms with Crippen LogP contribution in [0.4, 0.5) is 5.69 Å². The summed E-state index contributed by atoms with van der Waals surface area (Å²) in [5.41, 5.74) is 3.17. The number of carbonyl (C=O) groups excluding carboxylic acids is 1. The van der Waals surface area contributed by atoms with Gasteiger partial charge in [0.15, 0.2) is 6.29 Å². The van der Waals surface area contributed by atoms with Crippen molar-refractivity contribution in [1.29, 1.82) is 0 Å². The molecule has 0 spiro atoms. The van der Waals surface area contributed by atoms with Crippen LogP contribution in [0.2, 0.25) is 0 Å². The van der Waals surface area contributed by atoms with Crippen LogP contribution in [0, 0.1) is 0 Å². The van der Waals surface area contributed by atoms with E-state index in [1.807, 2.05) is 55.6 Å². The molecule has 0 amide bonds. The molecule has 94 valence electrons. The van der Waals surface area contributed by atoms with Gasteiger partial charge in [0, 0.05) is 11.9 Å². The molecule has 1 aliphatic heterocycles. The van der Waals surface area contributed by atoms with Gasteiger partial charge in [0.05, 0.1) is 16.3 Å². The van der Waals surface area contributed by atoms with Gasteiger partial charge < -0.3 is 4.90 Å². The van der Waals surface area contributed by atoms with Gasteiger partial charge in [-0.15, -0.1) is 0 Å². The zero-order chi connectivity index (χ0) is 13.2. The van der Waals surface area contributed by atoms with E-state index in [1.54, 1.807) is 0 Å². The number of hydrogen-bond donors (Lipinski definition) is 0. The lowest BCUT2D eigenvalue weighted by Gasteiger charge is -2.30. The zero-order valence-corrected chi connectivity index (χ0v) is 11.4. The molecule has 1 heterocycles. The molecule has 3 heteroatoms. The van der Waals surface area contributed by atoms with Crippen molar-refractivity contribution in [2.75, 3.05) is 11.9 Å². The highest BCUT2D eigenvalue weighted by atomic mass is 32.2. The number of benzene rings is 2. The molecule has 0 radical (unpaired) electrons. The van der Waals surface area contributed by atoms with Gasteiger partial charge >= 0.3 is 0 Å². The Labute approximate surface area is 116 Å². The van der Waals surface area contributed by atoms with E-state index in [0.717, 1.165) is 33.0 Å². The Morgan fingerprint density at radius 2 is 1.68 bits per heavy atom. The molecule has 0 N–H and O–H groups in total. The van der Waals surface area contributed by atoms with Crippen molar-refractivity contribution in [3.8, 4) is 0 Å². The molecule has 3 rings (SSSR count). The van der Waals surface area contributed by atoms with Crippen LogP contribution < -0.4 is 4.90 Å². The van der Waals surface area contributed by atoms with Gasteiger partial charge in [-0.1, -0.05) is 54.2 Å². The molecule has 2 aromatic carbocycles. The highest BCUT2D eigenvalue weighted by molar-refractivity contribution is 8.04. The van der Waals surface area contributed by atoms with Crippen LogP contribution in [-0.2, 0) is 4.79 Å². The predicted octanol–water partition coefficient (Wildman–Crippen LogP) is 3.80. The van der Waals surface area contributed by atoms with Gasteiger partial charge in [-0.05, 0) is 17.7 Å². The van der Waals surface area contributed by atoms with E-state index in [2.05, 4.69) is 11.0 Å².